The van der Waals surface area contributed by atoms with Gasteiger partial charge in [0.1, 0.15) is 0 Å². The lowest BCUT2D eigenvalue weighted by Crippen LogP contribution is -2.02. The van der Waals surface area contributed by atoms with E-state index in [2.05, 4.69) is 22.1 Å². The van der Waals surface area contributed by atoms with Crippen molar-refractivity contribution in [1.29, 1.82) is 0 Å². The average molecular weight is 398 g/mol. The lowest BCUT2D eigenvalue weighted by molar-refractivity contribution is 0.120. The molecule has 0 aliphatic rings. The number of pyridine rings is 2. The first-order valence-electron chi connectivity index (χ1n) is 10.2. The SMILES string of the molecule is CCOCc1cc2nc3c4cccnc4c4ncccc4c3nc2cc1COCC. The normalized spacial score (nSPS) is 11.8. The summed E-state index contributed by atoms with van der Waals surface area (Å²) in [5.74, 6) is 0. The molecule has 150 valence electrons. The fraction of sp³-hybridized carbons (Fsp3) is 0.250. The van der Waals surface area contributed by atoms with Crippen molar-refractivity contribution in [2.24, 2.45) is 0 Å². The second-order valence-corrected chi connectivity index (χ2v) is 7.10. The van der Waals surface area contributed by atoms with E-state index in [9.17, 15) is 0 Å². The van der Waals surface area contributed by atoms with Gasteiger partial charge in [-0.05, 0) is 61.4 Å². The van der Waals surface area contributed by atoms with Crippen molar-refractivity contribution in [2.75, 3.05) is 13.2 Å². The molecule has 0 saturated carbocycles. The molecule has 0 bridgehead atoms. The van der Waals surface area contributed by atoms with E-state index in [-0.39, 0.29) is 0 Å². The van der Waals surface area contributed by atoms with Gasteiger partial charge < -0.3 is 9.47 Å². The number of hydrogen-bond donors (Lipinski definition) is 0. The van der Waals surface area contributed by atoms with Gasteiger partial charge in [0.25, 0.3) is 0 Å². The molecular weight excluding hydrogens is 376 g/mol. The monoisotopic (exact) mass is 398 g/mol. The van der Waals surface area contributed by atoms with E-state index in [4.69, 9.17) is 19.4 Å². The number of ether oxygens (including phenoxy) is 2. The van der Waals surface area contributed by atoms with Gasteiger partial charge >= 0.3 is 0 Å². The van der Waals surface area contributed by atoms with Gasteiger partial charge in [0, 0.05) is 36.4 Å². The summed E-state index contributed by atoms with van der Waals surface area (Å²) in [6.45, 7) is 6.36. The zero-order valence-corrected chi connectivity index (χ0v) is 17.1. The first kappa shape index (κ1) is 18.8. The van der Waals surface area contributed by atoms with Crippen molar-refractivity contribution >= 4 is 43.9 Å². The van der Waals surface area contributed by atoms with Gasteiger partial charge in [0.05, 0.1) is 46.3 Å². The predicted octanol–water partition coefficient (Wildman–Crippen LogP) is 4.95. The van der Waals surface area contributed by atoms with Crippen LogP contribution in [0.2, 0.25) is 0 Å². The van der Waals surface area contributed by atoms with E-state index in [1.807, 2.05) is 38.1 Å². The van der Waals surface area contributed by atoms with E-state index in [1.54, 1.807) is 12.4 Å². The molecule has 5 rings (SSSR count). The van der Waals surface area contributed by atoms with Crippen LogP contribution in [-0.4, -0.2) is 33.1 Å². The summed E-state index contributed by atoms with van der Waals surface area (Å²) in [4.78, 5) is 19.2. The minimum Gasteiger partial charge on any atom is -0.377 e. The Morgan fingerprint density at radius 3 is 1.57 bits per heavy atom. The minimum atomic E-state index is 0.526. The van der Waals surface area contributed by atoms with Crippen molar-refractivity contribution < 1.29 is 9.47 Å². The molecule has 0 aliphatic carbocycles. The third-order valence-electron chi connectivity index (χ3n) is 5.26. The molecule has 0 amide bonds. The van der Waals surface area contributed by atoms with Crippen molar-refractivity contribution in [3.05, 3.63) is 59.9 Å². The van der Waals surface area contributed by atoms with Gasteiger partial charge in [-0.1, -0.05) is 0 Å². The van der Waals surface area contributed by atoms with Crippen LogP contribution in [0.1, 0.15) is 25.0 Å². The number of fused-ring (bicyclic) bond motifs is 7. The van der Waals surface area contributed by atoms with Crippen molar-refractivity contribution in [3.63, 3.8) is 0 Å². The maximum atomic E-state index is 5.68. The molecule has 5 aromatic rings. The van der Waals surface area contributed by atoms with Crippen molar-refractivity contribution in [1.82, 2.24) is 19.9 Å². The Balaban J connectivity index is 1.84. The molecule has 2 aromatic carbocycles. The first-order chi connectivity index (χ1) is 14.8. The van der Waals surface area contributed by atoms with Crippen LogP contribution in [0.15, 0.2) is 48.8 Å². The quantitative estimate of drug-likeness (QED) is 0.298. The molecule has 6 heteroatoms. The number of aromatic nitrogens is 4. The van der Waals surface area contributed by atoms with Crippen LogP contribution in [0, 0.1) is 0 Å². The number of nitrogens with zero attached hydrogens (tertiary/aromatic N) is 4. The number of hydrogen-bond acceptors (Lipinski definition) is 6. The lowest BCUT2D eigenvalue weighted by Gasteiger charge is -2.13. The standard InChI is InChI=1S/C24H22N4O2/c1-3-29-13-15-11-19-20(12-16(15)14-30-4-2)28-24-18-8-6-10-26-22(18)21-17(23(24)27-19)7-5-9-25-21/h5-12H,3-4,13-14H2,1-2H3. The smallest absolute Gasteiger partial charge is 0.0996 e. The third kappa shape index (κ3) is 3.14. The summed E-state index contributed by atoms with van der Waals surface area (Å²) in [7, 11) is 0. The Hall–Kier alpha value is -3.22. The molecule has 0 radical (unpaired) electrons. The summed E-state index contributed by atoms with van der Waals surface area (Å²) in [6.07, 6.45) is 3.58. The van der Waals surface area contributed by atoms with Gasteiger partial charge in [-0.3, -0.25) is 9.97 Å². The molecule has 6 nitrogen and oxygen atoms in total. The van der Waals surface area contributed by atoms with E-state index in [1.165, 1.54) is 0 Å². The highest BCUT2D eigenvalue weighted by Crippen LogP contribution is 2.32. The molecule has 3 heterocycles. The van der Waals surface area contributed by atoms with Gasteiger partial charge in [-0.2, -0.15) is 0 Å². The largest absolute Gasteiger partial charge is 0.377 e. The molecule has 0 atom stereocenters. The number of benzene rings is 2. The average Bonchev–Trinajstić information content (AvgIpc) is 2.80. The Morgan fingerprint density at radius 2 is 1.13 bits per heavy atom. The summed E-state index contributed by atoms with van der Waals surface area (Å²) < 4.78 is 11.4. The topological polar surface area (TPSA) is 70.0 Å². The Labute approximate surface area is 173 Å². The van der Waals surface area contributed by atoms with Crippen LogP contribution in [0.3, 0.4) is 0 Å². The van der Waals surface area contributed by atoms with Crippen LogP contribution in [0.5, 0.6) is 0 Å². The fourth-order valence-corrected chi connectivity index (χ4v) is 3.83. The Bertz CT molecular complexity index is 1280. The molecule has 0 aliphatic heterocycles. The van der Waals surface area contributed by atoms with Gasteiger partial charge in [0.15, 0.2) is 0 Å². The molecule has 0 N–H and O–H groups in total. The Morgan fingerprint density at radius 1 is 0.667 bits per heavy atom. The fourth-order valence-electron chi connectivity index (χ4n) is 3.83. The molecule has 3 aromatic heterocycles. The van der Waals surface area contributed by atoms with E-state index >= 15 is 0 Å². The summed E-state index contributed by atoms with van der Waals surface area (Å²) >= 11 is 0. The highest BCUT2D eigenvalue weighted by molar-refractivity contribution is 6.21. The van der Waals surface area contributed by atoms with Crippen molar-refractivity contribution in [3.8, 4) is 0 Å². The maximum absolute atomic E-state index is 5.68. The molecule has 0 unspecified atom stereocenters. The van der Waals surface area contributed by atoms with Gasteiger partial charge in [0.2, 0.25) is 0 Å². The third-order valence-corrected chi connectivity index (χ3v) is 5.26. The zero-order chi connectivity index (χ0) is 20.5. The van der Waals surface area contributed by atoms with Crippen LogP contribution in [-0.2, 0) is 22.7 Å². The van der Waals surface area contributed by atoms with Crippen LogP contribution < -0.4 is 0 Å². The van der Waals surface area contributed by atoms with E-state index < -0.39 is 0 Å². The van der Waals surface area contributed by atoms with Crippen molar-refractivity contribution in [2.45, 2.75) is 27.1 Å². The molecule has 30 heavy (non-hydrogen) atoms. The second kappa shape index (κ2) is 7.89. The first-order valence-corrected chi connectivity index (χ1v) is 10.2. The summed E-state index contributed by atoms with van der Waals surface area (Å²) in [5.41, 5.74) is 7.20. The summed E-state index contributed by atoms with van der Waals surface area (Å²) in [5, 5.41) is 1.91. The zero-order valence-electron chi connectivity index (χ0n) is 17.1. The highest BCUT2D eigenvalue weighted by Gasteiger charge is 2.15. The molecule has 0 fully saturated rings. The predicted molar refractivity (Wildman–Crippen MR) is 118 cm³/mol. The molecular formula is C24H22N4O2. The van der Waals surface area contributed by atoms with E-state index in [0.29, 0.717) is 26.4 Å². The lowest BCUT2D eigenvalue weighted by atomic mass is 10.0. The van der Waals surface area contributed by atoms with Gasteiger partial charge in [-0.15, -0.1) is 0 Å². The second-order valence-electron chi connectivity index (χ2n) is 7.10. The van der Waals surface area contributed by atoms with Crippen LogP contribution in [0.4, 0.5) is 0 Å². The molecule has 0 spiro atoms. The van der Waals surface area contributed by atoms with Crippen LogP contribution >= 0.6 is 0 Å². The highest BCUT2D eigenvalue weighted by atomic mass is 16.5. The molecule has 0 saturated heterocycles. The van der Waals surface area contributed by atoms with E-state index in [0.717, 1.165) is 55.0 Å². The van der Waals surface area contributed by atoms with Crippen LogP contribution in [0.25, 0.3) is 43.9 Å². The minimum absolute atomic E-state index is 0.526. The Kier molecular flexibility index (Phi) is 4.94. The number of rotatable bonds is 6. The summed E-state index contributed by atoms with van der Waals surface area (Å²) in [6, 6.07) is 12.1. The van der Waals surface area contributed by atoms with Gasteiger partial charge in [-0.25, -0.2) is 9.97 Å². The maximum Gasteiger partial charge on any atom is 0.0996 e.